The average molecular weight is 458 g/mol. The quantitative estimate of drug-likeness (QED) is 0.553. The number of aryl methyl sites for hydroxylation is 2. The Balaban J connectivity index is 1.67. The molecule has 1 amide bonds. The number of halogens is 3. The van der Waals surface area contributed by atoms with Gasteiger partial charge in [-0.2, -0.15) is 13.2 Å². The third-order valence-corrected chi connectivity index (χ3v) is 6.27. The Morgan fingerprint density at radius 2 is 1.90 bits per heavy atom. The van der Waals surface area contributed by atoms with Crippen molar-refractivity contribution in [1.82, 2.24) is 14.1 Å². The maximum Gasteiger partial charge on any atom is 0.402 e. The second-order valence-corrected chi connectivity index (χ2v) is 9.34. The first-order valence-corrected chi connectivity index (χ1v) is 10.9. The topological polar surface area (TPSA) is 92.6 Å². The van der Waals surface area contributed by atoms with Crippen molar-refractivity contribution < 1.29 is 26.4 Å². The zero-order chi connectivity index (χ0) is 22.1. The van der Waals surface area contributed by atoms with Crippen LogP contribution < -0.4 is 10.0 Å². The minimum Gasteiger partial charge on any atom is -0.323 e. The molecule has 0 aliphatic carbocycles. The minimum absolute atomic E-state index is 0.293. The first-order valence-electron chi connectivity index (χ1n) is 8.55. The van der Waals surface area contributed by atoms with Crippen LogP contribution in [0.25, 0.3) is 11.0 Å². The average Bonchev–Trinajstić information content (AvgIpc) is 3.13. The van der Waals surface area contributed by atoms with Gasteiger partial charge in [-0.1, -0.05) is 0 Å². The number of hydrogen-bond donors (Lipinski definition) is 2. The van der Waals surface area contributed by atoms with Crippen molar-refractivity contribution in [3.63, 3.8) is 0 Å². The number of nitrogens with zero attached hydrogens (tertiary/aromatic N) is 2. The monoisotopic (exact) mass is 458 g/mol. The van der Waals surface area contributed by atoms with Crippen LogP contribution in [0, 0.1) is 13.8 Å². The molecule has 12 heteroatoms. The van der Waals surface area contributed by atoms with E-state index >= 15 is 0 Å². The second-order valence-electron chi connectivity index (χ2n) is 6.36. The number of carbonyl (C=O) groups excluding carboxylic acids is 1. The molecule has 0 bridgehead atoms. The number of fused-ring (bicyclic) bond motifs is 1. The lowest BCUT2D eigenvalue weighted by molar-refractivity contribution is -0.121. The molecular weight excluding hydrogens is 441 g/mol. The summed E-state index contributed by atoms with van der Waals surface area (Å²) in [4.78, 5) is 18.2. The third kappa shape index (κ3) is 5.26. The zero-order valence-electron chi connectivity index (χ0n) is 15.8. The van der Waals surface area contributed by atoms with Crippen LogP contribution in [-0.2, 0) is 14.8 Å². The molecule has 2 N–H and O–H groups in total. The maximum absolute atomic E-state index is 12.2. The molecule has 2 heterocycles. The van der Waals surface area contributed by atoms with Gasteiger partial charge in [0.1, 0.15) is 6.54 Å². The summed E-state index contributed by atoms with van der Waals surface area (Å²) in [5.74, 6) is -0.456. The van der Waals surface area contributed by atoms with Crippen molar-refractivity contribution in [3.8, 4) is 0 Å². The molecule has 0 saturated heterocycles. The Labute approximate surface area is 174 Å². The lowest BCUT2D eigenvalue weighted by Gasteiger charge is -2.10. The molecule has 0 saturated carbocycles. The molecular formula is C18H17F3N4O3S2. The number of thiazole rings is 1. The highest BCUT2D eigenvalue weighted by Crippen LogP contribution is 2.22. The summed E-state index contributed by atoms with van der Waals surface area (Å²) in [5, 5.41) is 2.56. The van der Waals surface area contributed by atoms with Crippen LogP contribution in [-0.4, -0.2) is 36.4 Å². The van der Waals surface area contributed by atoms with E-state index in [1.807, 2.05) is 24.4 Å². The highest BCUT2D eigenvalue weighted by atomic mass is 32.2. The first-order chi connectivity index (χ1) is 13.9. The van der Waals surface area contributed by atoms with E-state index in [1.165, 1.54) is 34.3 Å². The number of alkyl halides is 3. The molecule has 0 fully saturated rings. The van der Waals surface area contributed by atoms with E-state index in [4.69, 9.17) is 0 Å². The summed E-state index contributed by atoms with van der Waals surface area (Å²) in [7, 11) is -4.31. The van der Waals surface area contributed by atoms with Crippen LogP contribution in [0.15, 0.2) is 41.4 Å². The summed E-state index contributed by atoms with van der Waals surface area (Å²) in [5.41, 5.74) is 1.83. The predicted octanol–water partition coefficient (Wildman–Crippen LogP) is 3.51. The molecule has 160 valence electrons. The van der Waals surface area contributed by atoms with Gasteiger partial charge in [-0.05, 0) is 44.2 Å². The van der Waals surface area contributed by atoms with Crippen LogP contribution in [0.4, 0.5) is 18.9 Å². The summed E-state index contributed by atoms with van der Waals surface area (Å²) in [6.07, 6.45) is 0.202. The van der Waals surface area contributed by atoms with E-state index in [0.29, 0.717) is 5.69 Å². The highest BCUT2D eigenvalue weighted by molar-refractivity contribution is 7.89. The SMILES string of the molecule is Cc1cn2c(/C=C/C(=O)Nc3ccc(S(=O)(=O)NCC(F)(F)F)cc3)c(C)nc2s1. The lowest BCUT2D eigenvalue weighted by Crippen LogP contribution is -2.33. The predicted molar refractivity (Wildman–Crippen MR) is 108 cm³/mol. The number of sulfonamides is 1. The van der Waals surface area contributed by atoms with E-state index in [2.05, 4.69) is 10.3 Å². The Morgan fingerprint density at radius 1 is 1.23 bits per heavy atom. The van der Waals surface area contributed by atoms with Crippen LogP contribution >= 0.6 is 11.3 Å². The molecule has 7 nitrogen and oxygen atoms in total. The van der Waals surface area contributed by atoms with Gasteiger partial charge in [-0.25, -0.2) is 18.1 Å². The highest BCUT2D eigenvalue weighted by Gasteiger charge is 2.30. The molecule has 0 radical (unpaired) electrons. The van der Waals surface area contributed by atoms with Crippen molar-refractivity contribution >= 4 is 44.0 Å². The number of hydrogen-bond acceptors (Lipinski definition) is 5. The van der Waals surface area contributed by atoms with E-state index in [9.17, 15) is 26.4 Å². The number of rotatable bonds is 6. The molecule has 1 aromatic carbocycles. The van der Waals surface area contributed by atoms with Crippen molar-refractivity contribution in [2.24, 2.45) is 0 Å². The van der Waals surface area contributed by atoms with Gasteiger partial charge >= 0.3 is 6.18 Å². The number of nitrogens with one attached hydrogen (secondary N) is 2. The molecule has 0 atom stereocenters. The Hall–Kier alpha value is -2.70. The van der Waals surface area contributed by atoms with Gasteiger partial charge < -0.3 is 5.32 Å². The summed E-state index contributed by atoms with van der Waals surface area (Å²) in [6, 6.07) is 4.80. The number of aromatic nitrogens is 2. The molecule has 0 spiro atoms. The van der Waals surface area contributed by atoms with Crippen LogP contribution in [0.5, 0.6) is 0 Å². The van der Waals surface area contributed by atoms with Gasteiger partial charge in [0.15, 0.2) is 4.96 Å². The number of carbonyl (C=O) groups is 1. The van der Waals surface area contributed by atoms with Crippen molar-refractivity contribution in [1.29, 1.82) is 0 Å². The molecule has 3 aromatic rings. The second kappa shape index (κ2) is 8.20. The van der Waals surface area contributed by atoms with Gasteiger partial charge in [0.05, 0.1) is 16.3 Å². The number of amides is 1. The molecule has 0 aliphatic rings. The van der Waals surface area contributed by atoms with E-state index in [0.717, 1.165) is 33.4 Å². The summed E-state index contributed by atoms with van der Waals surface area (Å²) in [6.45, 7) is 2.12. The first kappa shape index (κ1) is 22.0. The normalized spacial score (nSPS) is 12.7. The smallest absolute Gasteiger partial charge is 0.323 e. The number of benzene rings is 1. The standard InChI is InChI=1S/C18H17F3N4O3S2/c1-11-9-25-15(12(2)23-17(25)29-11)7-8-16(26)24-13-3-5-14(6-4-13)30(27,28)22-10-18(19,20)21/h3-9,22H,10H2,1-2H3,(H,24,26)/b8-7+. The fourth-order valence-electron chi connectivity index (χ4n) is 2.60. The number of anilines is 1. The third-order valence-electron chi connectivity index (χ3n) is 3.95. The summed E-state index contributed by atoms with van der Waals surface area (Å²) >= 11 is 1.53. The van der Waals surface area contributed by atoms with E-state index < -0.39 is 28.7 Å². The van der Waals surface area contributed by atoms with Gasteiger partial charge in [0, 0.05) is 22.8 Å². The molecule has 2 aromatic heterocycles. The van der Waals surface area contributed by atoms with E-state index in [1.54, 1.807) is 6.08 Å². The van der Waals surface area contributed by atoms with Crippen molar-refractivity contribution in [2.45, 2.75) is 24.9 Å². The van der Waals surface area contributed by atoms with Crippen molar-refractivity contribution in [3.05, 3.63) is 52.8 Å². The molecule has 3 rings (SSSR count). The van der Waals surface area contributed by atoms with Crippen LogP contribution in [0.2, 0.25) is 0 Å². The fraction of sp³-hybridized carbons (Fsp3) is 0.222. The van der Waals surface area contributed by atoms with Gasteiger partial charge in [-0.15, -0.1) is 11.3 Å². The van der Waals surface area contributed by atoms with Crippen molar-refractivity contribution in [2.75, 3.05) is 11.9 Å². The van der Waals surface area contributed by atoms with Crippen LogP contribution in [0.1, 0.15) is 16.3 Å². The number of imidazole rings is 1. The maximum atomic E-state index is 12.2. The zero-order valence-corrected chi connectivity index (χ0v) is 17.5. The Bertz CT molecular complexity index is 1210. The molecule has 0 unspecified atom stereocenters. The van der Waals surface area contributed by atoms with Gasteiger partial charge in [0.2, 0.25) is 15.9 Å². The fourth-order valence-corrected chi connectivity index (χ4v) is 4.49. The minimum atomic E-state index is -4.66. The van der Waals surface area contributed by atoms with Crippen LogP contribution in [0.3, 0.4) is 0 Å². The lowest BCUT2D eigenvalue weighted by atomic mass is 10.3. The van der Waals surface area contributed by atoms with E-state index in [-0.39, 0.29) is 4.90 Å². The summed E-state index contributed by atoms with van der Waals surface area (Å²) < 4.78 is 63.7. The van der Waals surface area contributed by atoms with Gasteiger partial charge in [0.25, 0.3) is 0 Å². The van der Waals surface area contributed by atoms with Gasteiger partial charge in [-0.3, -0.25) is 9.20 Å². The Kier molecular flexibility index (Phi) is 6.01. The largest absolute Gasteiger partial charge is 0.402 e. The molecule has 30 heavy (non-hydrogen) atoms. The molecule has 0 aliphatic heterocycles. The Morgan fingerprint density at radius 3 is 2.53 bits per heavy atom.